The molecule has 0 fully saturated rings. The lowest BCUT2D eigenvalue weighted by Crippen LogP contribution is -2.03. The molecule has 1 N–H and O–H groups in total. The second-order valence-electron chi connectivity index (χ2n) is 3.03. The number of nitrogens with zero attached hydrogens (tertiary/aromatic N) is 1. The molecule has 2 heterocycles. The minimum absolute atomic E-state index is 0.755. The molecular weight excluding hydrogens is 176 g/mol. The molecule has 0 aliphatic rings. The summed E-state index contributed by atoms with van der Waals surface area (Å²) < 4.78 is 5.62. The summed E-state index contributed by atoms with van der Waals surface area (Å²) in [6.07, 6.45) is 3.52. The van der Waals surface area contributed by atoms with Gasteiger partial charge in [-0.3, -0.25) is 4.98 Å². The highest BCUT2D eigenvalue weighted by Gasteiger charge is 2.02. The van der Waals surface area contributed by atoms with E-state index in [1.54, 1.807) is 12.4 Å². The summed E-state index contributed by atoms with van der Waals surface area (Å²) in [5.74, 6) is 1.83. The first-order valence-electron chi connectivity index (χ1n) is 4.54. The minimum atomic E-state index is 0.755. The Balaban J connectivity index is 2.25. The third-order valence-corrected chi connectivity index (χ3v) is 1.98. The van der Waals surface area contributed by atoms with Gasteiger partial charge in [-0.15, -0.1) is 0 Å². The topological polar surface area (TPSA) is 38.1 Å². The zero-order chi connectivity index (χ0) is 9.80. The molecule has 0 aliphatic heterocycles. The third-order valence-electron chi connectivity index (χ3n) is 1.98. The van der Waals surface area contributed by atoms with Crippen LogP contribution in [0.2, 0.25) is 0 Å². The fourth-order valence-electron chi connectivity index (χ4n) is 1.32. The summed E-state index contributed by atoms with van der Waals surface area (Å²) in [6.45, 7) is 0.755. The number of hydrogen-bond donors (Lipinski definition) is 1. The van der Waals surface area contributed by atoms with Crippen molar-refractivity contribution in [1.82, 2.24) is 10.3 Å². The van der Waals surface area contributed by atoms with Crippen LogP contribution in [0.1, 0.15) is 5.76 Å². The van der Waals surface area contributed by atoms with E-state index in [1.807, 2.05) is 31.3 Å². The fourth-order valence-corrected chi connectivity index (χ4v) is 1.32. The summed E-state index contributed by atoms with van der Waals surface area (Å²) in [5.41, 5.74) is 1.06. The van der Waals surface area contributed by atoms with Gasteiger partial charge in [0.15, 0.2) is 0 Å². The third kappa shape index (κ3) is 1.83. The SMILES string of the molecule is CNCc1ccc(-c2ccncc2)o1. The van der Waals surface area contributed by atoms with Crippen LogP contribution in [0.15, 0.2) is 41.1 Å². The van der Waals surface area contributed by atoms with E-state index in [1.165, 1.54) is 0 Å². The van der Waals surface area contributed by atoms with E-state index in [2.05, 4.69) is 10.3 Å². The van der Waals surface area contributed by atoms with Crippen molar-refractivity contribution in [2.45, 2.75) is 6.54 Å². The number of hydrogen-bond acceptors (Lipinski definition) is 3. The predicted octanol–water partition coefficient (Wildman–Crippen LogP) is 2.06. The van der Waals surface area contributed by atoms with Gasteiger partial charge in [-0.25, -0.2) is 0 Å². The lowest BCUT2D eigenvalue weighted by Gasteiger charge is -1.95. The second-order valence-corrected chi connectivity index (χ2v) is 3.03. The van der Waals surface area contributed by atoms with Crippen LogP contribution < -0.4 is 5.32 Å². The van der Waals surface area contributed by atoms with Crippen molar-refractivity contribution in [2.24, 2.45) is 0 Å². The predicted molar refractivity (Wildman–Crippen MR) is 54.7 cm³/mol. The molecule has 0 amide bonds. The maximum absolute atomic E-state index is 5.62. The fraction of sp³-hybridized carbons (Fsp3) is 0.182. The first-order chi connectivity index (χ1) is 6.90. The molecule has 14 heavy (non-hydrogen) atoms. The van der Waals surface area contributed by atoms with E-state index in [9.17, 15) is 0 Å². The van der Waals surface area contributed by atoms with Crippen LogP contribution in [0.5, 0.6) is 0 Å². The summed E-state index contributed by atoms with van der Waals surface area (Å²) in [7, 11) is 1.90. The number of nitrogens with one attached hydrogen (secondary N) is 1. The number of rotatable bonds is 3. The van der Waals surface area contributed by atoms with Crippen LogP contribution >= 0.6 is 0 Å². The van der Waals surface area contributed by atoms with Gasteiger partial charge < -0.3 is 9.73 Å². The summed E-state index contributed by atoms with van der Waals surface area (Å²) >= 11 is 0. The van der Waals surface area contributed by atoms with Crippen molar-refractivity contribution in [3.8, 4) is 11.3 Å². The molecule has 0 atom stereocenters. The normalized spacial score (nSPS) is 10.4. The Bertz CT molecular complexity index is 395. The Morgan fingerprint density at radius 2 is 2.00 bits per heavy atom. The average molecular weight is 188 g/mol. The highest BCUT2D eigenvalue weighted by Crippen LogP contribution is 2.20. The van der Waals surface area contributed by atoms with E-state index in [0.717, 1.165) is 23.6 Å². The number of aromatic nitrogens is 1. The maximum Gasteiger partial charge on any atom is 0.134 e. The van der Waals surface area contributed by atoms with Gasteiger partial charge in [0.25, 0.3) is 0 Å². The van der Waals surface area contributed by atoms with Gasteiger partial charge in [-0.05, 0) is 31.3 Å². The van der Waals surface area contributed by atoms with Crippen LogP contribution in [0, 0.1) is 0 Å². The second kappa shape index (κ2) is 4.07. The zero-order valence-corrected chi connectivity index (χ0v) is 8.03. The van der Waals surface area contributed by atoms with E-state index in [0.29, 0.717) is 0 Å². The quantitative estimate of drug-likeness (QED) is 0.801. The molecule has 0 unspecified atom stereocenters. The van der Waals surface area contributed by atoms with Crippen molar-refractivity contribution in [2.75, 3.05) is 7.05 Å². The van der Waals surface area contributed by atoms with Gasteiger partial charge >= 0.3 is 0 Å². The average Bonchev–Trinajstić information content (AvgIpc) is 2.68. The van der Waals surface area contributed by atoms with Crippen molar-refractivity contribution < 1.29 is 4.42 Å². The molecule has 0 radical (unpaired) electrons. The minimum Gasteiger partial charge on any atom is -0.460 e. The molecule has 0 spiro atoms. The largest absolute Gasteiger partial charge is 0.460 e. The van der Waals surface area contributed by atoms with Crippen LogP contribution in [0.3, 0.4) is 0 Å². The molecule has 2 aromatic rings. The molecular formula is C11H12N2O. The van der Waals surface area contributed by atoms with Crippen LogP contribution in [-0.2, 0) is 6.54 Å². The highest BCUT2D eigenvalue weighted by atomic mass is 16.3. The van der Waals surface area contributed by atoms with Gasteiger partial charge in [-0.2, -0.15) is 0 Å². The van der Waals surface area contributed by atoms with Crippen molar-refractivity contribution >= 4 is 0 Å². The smallest absolute Gasteiger partial charge is 0.134 e. The molecule has 0 saturated heterocycles. The molecule has 0 bridgehead atoms. The standard InChI is InChI=1S/C11H12N2O/c1-12-8-10-2-3-11(14-10)9-4-6-13-7-5-9/h2-7,12H,8H2,1H3. The Morgan fingerprint density at radius 1 is 1.21 bits per heavy atom. The Hall–Kier alpha value is -1.61. The van der Waals surface area contributed by atoms with Crippen LogP contribution in [0.25, 0.3) is 11.3 Å². The van der Waals surface area contributed by atoms with E-state index < -0.39 is 0 Å². The molecule has 0 saturated carbocycles. The number of pyridine rings is 1. The number of furan rings is 1. The van der Waals surface area contributed by atoms with Gasteiger partial charge in [0.05, 0.1) is 6.54 Å². The van der Waals surface area contributed by atoms with Gasteiger partial charge in [0.1, 0.15) is 11.5 Å². The van der Waals surface area contributed by atoms with Gasteiger partial charge in [0.2, 0.25) is 0 Å². The first kappa shape index (κ1) is 8.97. The Labute approximate surface area is 82.8 Å². The molecule has 3 nitrogen and oxygen atoms in total. The Morgan fingerprint density at radius 3 is 2.71 bits per heavy atom. The summed E-state index contributed by atoms with van der Waals surface area (Å²) in [4.78, 5) is 3.96. The van der Waals surface area contributed by atoms with Crippen molar-refractivity contribution in [3.05, 3.63) is 42.4 Å². The monoisotopic (exact) mass is 188 g/mol. The lowest BCUT2D eigenvalue weighted by atomic mass is 10.2. The van der Waals surface area contributed by atoms with E-state index in [4.69, 9.17) is 4.42 Å². The van der Waals surface area contributed by atoms with Gasteiger partial charge in [-0.1, -0.05) is 0 Å². The van der Waals surface area contributed by atoms with Crippen molar-refractivity contribution in [1.29, 1.82) is 0 Å². The van der Waals surface area contributed by atoms with E-state index in [-0.39, 0.29) is 0 Å². The van der Waals surface area contributed by atoms with Crippen LogP contribution in [-0.4, -0.2) is 12.0 Å². The molecule has 2 rings (SSSR count). The first-order valence-corrected chi connectivity index (χ1v) is 4.54. The van der Waals surface area contributed by atoms with Crippen LogP contribution in [0.4, 0.5) is 0 Å². The summed E-state index contributed by atoms with van der Waals surface area (Å²) in [6, 6.07) is 7.82. The zero-order valence-electron chi connectivity index (χ0n) is 8.03. The molecule has 72 valence electrons. The van der Waals surface area contributed by atoms with Gasteiger partial charge in [0, 0.05) is 18.0 Å². The van der Waals surface area contributed by atoms with E-state index >= 15 is 0 Å². The molecule has 0 aliphatic carbocycles. The van der Waals surface area contributed by atoms with Crippen molar-refractivity contribution in [3.63, 3.8) is 0 Å². The highest BCUT2D eigenvalue weighted by molar-refractivity contribution is 5.56. The summed E-state index contributed by atoms with van der Waals surface area (Å²) in [5, 5.41) is 3.04. The Kier molecular flexibility index (Phi) is 2.60. The molecule has 0 aromatic carbocycles. The molecule has 2 aromatic heterocycles. The molecule has 3 heteroatoms. The maximum atomic E-state index is 5.62. The lowest BCUT2D eigenvalue weighted by molar-refractivity contribution is 0.507.